The van der Waals surface area contributed by atoms with Crippen molar-refractivity contribution < 1.29 is 14.3 Å². The second-order valence-electron chi connectivity index (χ2n) is 8.20. The quantitative estimate of drug-likeness (QED) is 0.527. The van der Waals surface area contributed by atoms with Gasteiger partial charge in [-0.2, -0.15) is 0 Å². The van der Waals surface area contributed by atoms with Gasteiger partial charge in [0.1, 0.15) is 12.3 Å². The molecule has 0 aromatic heterocycles. The predicted molar refractivity (Wildman–Crippen MR) is 92.9 cm³/mol. The Morgan fingerprint density at radius 1 is 0.739 bits per heavy atom. The predicted octanol–water partition coefficient (Wildman–Crippen LogP) is 6.88. The van der Waals surface area contributed by atoms with Crippen LogP contribution in [0.25, 0.3) is 0 Å². The van der Waals surface area contributed by atoms with Gasteiger partial charge in [-0.1, -0.05) is 32.5 Å². The second kappa shape index (κ2) is 8.30. The van der Waals surface area contributed by atoms with Crippen LogP contribution in [0.1, 0.15) is 95.8 Å². The zero-order valence-electron chi connectivity index (χ0n) is 18.6. The Kier molecular flexibility index (Phi) is 4.73. The van der Waals surface area contributed by atoms with E-state index in [1.54, 1.807) is 0 Å². The van der Waals surface area contributed by atoms with Gasteiger partial charge in [0.25, 0.3) is 0 Å². The summed E-state index contributed by atoms with van der Waals surface area (Å²) in [5.74, 6) is 0.759. The molecule has 3 aliphatic rings. The van der Waals surface area contributed by atoms with E-state index in [0.29, 0.717) is 49.9 Å². The molecule has 3 atom stereocenters. The van der Waals surface area contributed by atoms with Gasteiger partial charge in [0.2, 0.25) is 0 Å². The first-order valence-electron chi connectivity index (χ1n) is 11.9. The molecule has 0 saturated heterocycles. The van der Waals surface area contributed by atoms with Crippen LogP contribution in [0.4, 0.5) is 8.78 Å². The maximum atomic E-state index is 13.8. The minimum atomic E-state index is -1.43. The second-order valence-corrected chi connectivity index (χ2v) is 8.20. The monoisotopic (exact) mass is 330 g/mol. The number of hydrogen-bond donors (Lipinski definition) is 0. The normalized spacial score (nSPS) is 52.7. The Labute approximate surface area is 147 Å². The van der Waals surface area contributed by atoms with Gasteiger partial charge in [-0.3, -0.25) is 0 Å². The van der Waals surface area contributed by atoms with Crippen LogP contribution in [0.3, 0.4) is 0 Å². The van der Waals surface area contributed by atoms with Gasteiger partial charge in [-0.05, 0) is 87.4 Å². The zero-order chi connectivity index (χ0) is 19.8. The molecule has 0 amide bonds. The van der Waals surface area contributed by atoms with E-state index in [9.17, 15) is 8.78 Å². The molecule has 0 heterocycles. The van der Waals surface area contributed by atoms with E-state index >= 15 is 0 Å². The Morgan fingerprint density at radius 2 is 1.26 bits per heavy atom. The summed E-state index contributed by atoms with van der Waals surface area (Å²) in [6.45, 7) is 2.00. The standard InChI is InChI=1S/C21H36F2/c1-2-3-15-4-6-16(7-5-15)17-8-10-18(11-9-17)19-12-13-20(22)21(23)14-19/h15-21H,2-14H2,1H3/i4D2,5D2. The van der Waals surface area contributed by atoms with Gasteiger partial charge >= 0.3 is 0 Å². The lowest BCUT2D eigenvalue weighted by atomic mass is 9.65. The fraction of sp³-hybridized carbons (Fsp3) is 1.00. The summed E-state index contributed by atoms with van der Waals surface area (Å²) in [5, 5.41) is 0. The van der Waals surface area contributed by atoms with Crippen molar-refractivity contribution in [1.29, 1.82) is 0 Å². The molecule has 0 aromatic rings. The molecule has 0 aliphatic heterocycles. The summed E-state index contributed by atoms with van der Waals surface area (Å²) in [4.78, 5) is 0. The molecule has 0 nitrogen and oxygen atoms in total. The molecule has 0 bridgehead atoms. The average molecular weight is 331 g/mol. The largest absolute Gasteiger partial charge is 0.244 e. The summed E-state index contributed by atoms with van der Waals surface area (Å²) >= 11 is 0. The smallest absolute Gasteiger partial charge is 0.131 e. The van der Waals surface area contributed by atoms with Crippen LogP contribution in [0.2, 0.25) is 0 Å². The lowest BCUT2D eigenvalue weighted by Gasteiger charge is -2.41. The molecule has 3 unspecified atom stereocenters. The van der Waals surface area contributed by atoms with Crippen LogP contribution >= 0.6 is 0 Å². The molecule has 0 radical (unpaired) electrons. The van der Waals surface area contributed by atoms with Gasteiger partial charge in [0, 0.05) is 5.48 Å². The van der Waals surface area contributed by atoms with Crippen molar-refractivity contribution in [3.05, 3.63) is 0 Å². The third-order valence-electron chi connectivity index (χ3n) is 6.71. The average Bonchev–Trinajstić information content (AvgIpc) is 2.60. The maximum absolute atomic E-state index is 13.8. The molecule has 3 rings (SSSR count). The molecular formula is C21H36F2. The van der Waals surface area contributed by atoms with Crippen LogP contribution in [-0.4, -0.2) is 12.3 Å². The highest BCUT2D eigenvalue weighted by Crippen LogP contribution is 2.46. The van der Waals surface area contributed by atoms with Crippen molar-refractivity contribution in [3.8, 4) is 0 Å². The number of hydrogen-bond acceptors (Lipinski definition) is 0. The summed E-state index contributed by atoms with van der Waals surface area (Å²) in [6, 6.07) is 0. The molecule has 3 aliphatic carbocycles. The SMILES string of the molecule is [2H]C1([2H])CC(C2CCC(C3CCC(F)C(F)C3)CC2)CC([2H])([2H])C1CCC. The molecule has 0 spiro atoms. The third-order valence-corrected chi connectivity index (χ3v) is 6.71. The van der Waals surface area contributed by atoms with Crippen LogP contribution < -0.4 is 0 Å². The van der Waals surface area contributed by atoms with E-state index in [4.69, 9.17) is 5.48 Å². The molecular weight excluding hydrogens is 290 g/mol. The third kappa shape index (κ3) is 4.48. The Bertz CT molecular complexity index is 473. The number of halogens is 2. The highest BCUT2D eigenvalue weighted by atomic mass is 19.2. The molecule has 3 fully saturated rings. The van der Waals surface area contributed by atoms with Gasteiger partial charge in [0.15, 0.2) is 0 Å². The van der Waals surface area contributed by atoms with Crippen molar-refractivity contribution in [3.63, 3.8) is 0 Å². The molecule has 0 aromatic carbocycles. The van der Waals surface area contributed by atoms with Gasteiger partial charge in [-0.25, -0.2) is 8.78 Å². The first kappa shape index (κ1) is 13.1. The van der Waals surface area contributed by atoms with Crippen molar-refractivity contribution in [2.24, 2.45) is 29.6 Å². The van der Waals surface area contributed by atoms with E-state index in [2.05, 4.69) is 0 Å². The van der Waals surface area contributed by atoms with Crippen LogP contribution in [0.5, 0.6) is 0 Å². The number of rotatable bonds is 4. The Morgan fingerprint density at radius 3 is 1.83 bits per heavy atom. The first-order chi connectivity index (χ1) is 12.6. The minimum absolute atomic E-state index is 0.111. The summed E-state index contributed by atoms with van der Waals surface area (Å²) in [5.41, 5.74) is 0. The lowest BCUT2D eigenvalue weighted by Crippen LogP contribution is -2.34. The van der Waals surface area contributed by atoms with E-state index in [0.717, 1.165) is 38.5 Å². The van der Waals surface area contributed by atoms with Gasteiger partial charge in [-0.15, -0.1) is 0 Å². The van der Waals surface area contributed by atoms with E-state index in [1.165, 1.54) is 0 Å². The minimum Gasteiger partial charge on any atom is -0.244 e. The Hall–Kier alpha value is -0.140. The van der Waals surface area contributed by atoms with Gasteiger partial charge < -0.3 is 0 Å². The van der Waals surface area contributed by atoms with Crippen molar-refractivity contribution in [1.82, 2.24) is 0 Å². The van der Waals surface area contributed by atoms with Crippen LogP contribution in [-0.2, 0) is 0 Å². The molecule has 0 N–H and O–H groups in total. The number of alkyl halides is 2. The summed E-state index contributed by atoms with van der Waals surface area (Å²) in [7, 11) is 0. The van der Waals surface area contributed by atoms with E-state index in [1.807, 2.05) is 6.92 Å². The van der Waals surface area contributed by atoms with Crippen molar-refractivity contribution in [2.45, 2.75) is 103 Å². The van der Waals surface area contributed by atoms with Crippen LogP contribution in [0, 0.1) is 29.6 Å². The summed E-state index contributed by atoms with van der Waals surface area (Å²) < 4.78 is 61.1. The van der Waals surface area contributed by atoms with E-state index in [-0.39, 0.29) is 5.92 Å². The van der Waals surface area contributed by atoms with Crippen molar-refractivity contribution >= 4 is 0 Å². The topological polar surface area (TPSA) is 0 Å². The maximum Gasteiger partial charge on any atom is 0.131 e. The lowest BCUT2D eigenvalue weighted by molar-refractivity contribution is 0.0472. The highest BCUT2D eigenvalue weighted by molar-refractivity contribution is 4.88. The first-order valence-corrected chi connectivity index (χ1v) is 9.92. The molecule has 3 saturated carbocycles. The fourth-order valence-electron chi connectivity index (χ4n) is 5.18. The molecule has 134 valence electrons. The van der Waals surface area contributed by atoms with Gasteiger partial charge in [0.05, 0.1) is 0 Å². The highest BCUT2D eigenvalue weighted by Gasteiger charge is 2.37. The molecule has 2 heteroatoms. The zero-order valence-corrected chi connectivity index (χ0v) is 14.6. The fourth-order valence-corrected chi connectivity index (χ4v) is 5.18. The Balaban J connectivity index is 1.57. The van der Waals surface area contributed by atoms with E-state index < -0.39 is 31.0 Å². The molecule has 23 heavy (non-hydrogen) atoms. The summed E-state index contributed by atoms with van der Waals surface area (Å²) in [6.07, 6.45) is 2.48. The van der Waals surface area contributed by atoms with Crippen LogP contribution in [0.15, 0.2) is 0 Å². The van der Waals surface area contributed by atoms with Crippen molar-refractivity contribution in [2.75, 3.05) is 0 Å².